The first-order valence-electron chi connectivity index (χ1n) is 9.37. The fourth-order valence-electron chi connectivity index (χ4n) is 3.23. The average Bonchev–Trinajstić information content (AvgIpc) is 3.33. The Kier molecular flexibility index (Phi) is 6.19. The number of hydrogen-bond acceptors (Lipinski definition) is 5. The Labute approximate surface area is 169 Å². The Morgan fingerprint density at radius 3 is 2.62 bits per heavy atom. The Balaban J connectivity index is 1.99. The molecular weight excluding hydrogens is 372 g/mol. The molecule has 1 amide bonds. The number of ketones is 1. The summed E-state index contributed by atoms with van der Waals surface area (Å²) in [6.45, 7) is 4.97. The maximum atomic E-state index is 13.0. The zero-order valence-electron chi connectivity index (χ0n) is 16.5. The number of nitrogens with one attached hydrogen (secondary N) is 1. The van der Waals surface area contributed by atoms with Crippen LogP contribution in [0, 0.1) is 0 Å². The van der Waals surface area contributed by atoms with Gasteiger partial charge in [-0.1, -0.05) is 24.8 Å². The van der Waals surface area contributed by atoms with Gasteiger partial charge in [-0.15, -0.1) is 0 Å². The highest BCUT2D eigenvalue weighted by Crippen LogP contribution is 2.38. The number of amides is 1. The number of carbonyl (C=O) groups is 2. The van der Waals surface area contributed by atoms with Crippen molar-refractivity contribution in [1.29, 1.82) is 0 Å². The molecule has 7 heteroatoms. The van der Waals surface area contributed by atoms with E-state index in [4.69, 9.17) is 9.15 Å². The van der Waals surface area contributed by atoms with Crippen LogP contribution >= 0.6 is 0 Å². The smallest absolute Gasteiger partial charge is 0.240 e. The summed E-state index contributed by atoms with van der Waals surface area (Å²) in [5.74, 6) is -1.34. The van der Waals surface area contributed by atoms with Gasteiger partial charge in [0, 0.05) is 5.57 Å². The molecule has 29 heavy (non-hydrogen) atoms. The molecule has 0 saturated heterocycles. The van der Waals surface area contributed by atoms with Crippen LogP contribution in [0.4, 0.5) is 0 Å². The van der Waals surface area contributed by atoms with Crippen molar-refractivity contribution < 1.29 is 28.7 Å². The number of ether oxygens (including phenoxy) is 1. The number of likely N-dealkylation sites (N-methyl/N-ethyl adjacent to an activating group) is 1. The third-order valence-corrected chi connectivity index (χ3v) is 4.69. The van der Waals surface area contributed by atoms with Crippen LogP contribution in [0.3, 0.4) is 0 Å². The molecule has 1 aromatic carbocycles. The topological polar surface area (TPSA) is 87.2 Å². The van der Waals surface area contributed by atoms with E-state index in [2.05, 4.69) is 6.58 Å². The van der Waals surface area contributed by atoms with E-state index in [1.54, 1.807) is 36.4 Å². The van der Waals surface area contributed by atoms with Gasteiger partial charge in [-0.25, -0.2) is 0 Å². The molecule has 0 spiro atoms. The maximum Gasteiger partial charge on any atom is 0.240 e. The number of benzene rings is 1. The number of nitrogens with zero attached hydrogens (tertiary/aromatic N) is 1. The van der Waals surface area contributed by atoms with Crippen LogP contribution in [0.2, 0.25) is 0 Å². The van der Waals surface area contributed by atoms with E-state index in [0.29, 0.717) is 31.0 Å². The van der Waals surface area contributed by atoms with E-state index >= 15 is 0 Å². The van der Waals surface area contributed by atoms with Crippen LogP contribution < -0.4 is 14.7 Å². The number of furan rings is 1. The summed E-state index contributed by atoms with van der Waals surface area (Å²) >= 11 is 0. The molecule has 1 aromatic heterocycles. The third-order valence-electron chi connectivity index (χ3n) is 4.69. The Bertz CT molecular complexity index is 913. The highest BCUT2D eigenvalue weighted by atomic mass is 16.5. The fraction of sp³-hybridized carbons (Fsp3) is 0.273. The highest BCUT2D eigenvalue weighted by Gasteiger charge is 2.40. The van der Waals surface area contributed by atoms with Crippen molar-refractivity contribution in [3.8, 4) is 5.75 Å². The monoisotopic (exact) mass is 396 g/mol. The molecule has 1 unspecified atom stereocenters. The summed E-state index contributed by atoms with van der Waals surface area (Å²) in [7, 11) is 3.92. The molecule has 0 bridgehead atoms. The summed E-state index contributed by atoms with van der Waals surface area (Å²) in [6, 6.07) is 9.32. The Morgan fingerprint density at radius 2 is 2.03 bits per heavy atom. The second-order valence-corrected chi connectivity index (χ2v) is 7.08. The molecule has 0 fully saturated rings. The minimum Gasteiger partial charge on any atom is -0.868 e. The zero-order chi connectivity index (χ0) is 21.0. The number of carbonyl (C=O) groups excluding carboxylic acids is 2. The third kappa shape index (κ3) is 4.25. The SMILES string of the molecule is C=CCOc1ccc(C2C(C(=O)c3ccco3)=C([O-])C(=O)N2CC[NH+](C)C)cc1. The standard InChI is InChI=1S/C22H24N2O5/c1-4-13-28-16-9-7-15(8-10-16)19-18(20(25)17-6-5-14-29-17)21(26)22(27)24(19)12-11-23(2)3/h4-10,14,19,26H,1,11-13H2,2-3H3. The molecule has 1 N–H and O–H groups in total. The summed E-state index contributed by atoms with van der Waals surface area (Å²) in [4.78, 5) is 28.3. The molecule has 1 aliphatic heterocycles. The molecule has 152 valence electrons. The van der Waals surface area contributed by atoms with Crippen molar-refractivity contribution >= 4 is 11.7 Å². The van der Waals surface area contributed by atoms with Crippen LogP contribution in [-0.2, 0) is 4.79 Å². The molecule has 0 aliphatic carbocycles. The van der Waals surface area contributed by atoms with E-state index in [1.165, 1.54) is 17.2 Å². The molecule has 2 aromatic rings. The molecule has 1 atom stereocenters. The first-order valence-corrected chi connectivity index (χ1v) is 9.37. The minimum atomic E-state index is -0.780. The average molecular weight is 396 g/mol. The Morgan fingerprint density at radius 1 is 1.31 bits per heavy atom. The number of rotatable bonds is 9. The van der Waals surface area contributed by atoms with Crippen LogP contribution in [0.25, 0.3) is 0 Å². The quantitative estimate of drug-likeness (QED) is 0.489. The van der Waals surface area contributed by atoms with Gasteiger partial charge in [-0.3, -0.25) is 9.59 Å². The molecule has 0 radical (unpaired) electrons. The largest absolute Gasteiger partial charge is 0.868 e. The second kappa shape index (κ2) is 8.79. The lowest BCUT2D eigenvalue weighted by Crippen LogP contribution is -3.06. The van der Waals surface area contributed by atoms with Gasteiger partial charge in [0.2, 0.25) is 11.7 Å². The van der Waals surface area contributed by atoms with Crippen LogP contribution in [0.1, 0.15) is 22.2 Å². The zero-order valence-corrected chi connectivity index (χ0v) is 16.5. The summed E-state index contributed by atoms with van der Waals surface area (Å²) in [5, 5.41) is 12.8. The molecule has 0 saturated carbocycles. The normalized spacial score (nSPS) is 16.6. The fourth-order valence-corrected chi connectivity index (χ4v) is 3.23. The van der Waals surface area contributed by atoms with Gasteiger partial charge in [0.25, 0.3) is 0 Å². The lowest BCUT2D eigenvalue weighted by molar-refractivity contribution is -0.857. The Hall–Kier alpha value is -3.32. The molecule has 2 heterocycles. The van der Waals surface area contributed by atoms with Crippen molar-refractivity contribution in [2.45, 2.75) is 6.04 Å². The van der Waals surface area contributed by atoms with Gasteiger partial charge < -0.3 is 24.1 Å². The van der Waals surface area contributed by atoms with Gasteiger partial charge in [-0.2, -0.15) is 0 Å². The first-order chi connectivity index (χ1) is 13.9. The number of quaternary nitrogens is 1. The van der Waals surface area contributed by atoms with E-state index in [-0.39, 0.29) is 11.3 Å². The van der Waals surface area contributed by atoms with Crippen molar-refractivity contribution in [2.24, 2.45) is 0 Å². The van der Waals surface area contributed by atoms with E-state index in [1.807, 2.05) is 14.1 Å². The van der Waals surface area contributed by atoms with Crippen LogP contribution in [0.5, 0.6) is 5.75 Å². The molecular formula is C22H24N2O5. The lowest BCUT2D eigenvalue weighted by Gasteiger charge is -2.28. The van der Waals surface area contributed by atoms with Crippen molar-refractivity contribution in [2.75, 3.05) is 33.8 Å². The summed E-state index contributed by atoms with van der Waals surface area (Å²) < 4.78 is 10.7. The summed E-state index contributed by atoms with van der Waals surface area (Å²) in [5.41, 5.74) is 0.581. The van der Waals surface area contributed by atoms with Gasteiger partial charge >= 0.3 is 0 Å². The molecule has 1 aliphatic rings. The van der Waals surface area contributed by atoms with Gasteiger partial charge in [0.05, 0.1) is 39.5 Å². The number of Topliss-reactive ketones (excluding diaryl/α,β-unsaturated/α-hetero) is 1. The van der Waals surface area contributed by atoms with Gasteiger partial charge in [0.1, 0.15) is 12.4 Å². The minimum absolute atomic E-state index is 0.0390. The van der Waals surface area contributed by atoms with E-state index in [0.717, 1.165) is 4.90 Å². The van der Waals surface area contributed by atoms with E-state index < -0.39 is 23.5 Å². The van der Waals surface area contributed by atoms with E-state index in [9.17, 15) is 14.7 Å². The maximum absolute atomic E-state index is 13.0. The first kappa shape index (κ1) is 20.4. The van der Waals surface area contributed by atoms with Gasteiger partial charge in [-0.05, 0) is 35.6 Å². The highest BCUT2D eigenvalue weighted by molar-refractivity contribution is 6.14. The van der Waals surface area contributed by atoms with Gasteiger partial charge in [0.15, 0.2) is 5.76 Å². The van der Waals surface area contributed by atoms with Crippen molar-refractivity contribution in [3.05, 3.63) is 78.0 Å². The second-order valence-electron chi connectivity index (χ2n) is 7.08. The predicted molar refractivity (Wildman–Crippen MR) is 104 cm³/mol. The molecule has 7 nitrogen and oxygen atoms in total. The lowest BCUT2D eigenvalue weighted by atomic mass is 9.95. The summed E-state index contributed by atoms with van der Waals surface area (Å²) in [6.07, 6.45) is 3.00. The van der Waals surface area contributed by atoms with Crippen molar-refractivity contribution in [3.63, 3.8) is 0 Å². The number of hydrogen-bond donors (Lipinski definition) is 1. The van der Waals surface area contributed by atoms with Crippen LogP contribution in [0.15, 0.2) is 71.1 Å². The molecule has 3 rings (SSSR count). The van der Waals surface area contributed by atoms with Crippen molar-refractivity contribution in [1.82, 2.24) is 4.90 Å². The predicted octanol–water partition coefficient (Wildman–Crippen LogP) is 0.370. The van der Waals surface area contributed by atoms with Crippen LogP contribution in [-0.4, -0.2) is 50.4 Å².